The number of nitrogens with one attached hydrogen (secondary N) is 1. The molecule has 1 amide bonds. The van der Waals surface area contributed by atoms with Crippen molar-refractivity contribution in [3.63, 3.8) is 0 Å². The van der Waals surface area contributed by atoms with Gasteiger partial charge >= 0.3 is 0 Å². The first-order chi connectivity index (χ1) is 10.1. The van der Waals surface area contributed by atoms with Crippen LogP contribution in [0.25, 0.3) is 0 Å². The molecule has 1 aromatic rings. The summed E-state index contributed by atoms with van der Waals surface area (Å²) in [5.41, 5.74) is 6.80. The molecule has 1 fully saturated rings. The second-order valence-electron chi connectivity index (χ2n) is 5.37. The van der Waals surface area contributed by atoms with Crippen molar-refractivity contribution >= 4 is 39.7 Å². The highest BCUT2D eigenvalue weighted by molar-refractivity contribution is 7.85. The van der Waals surface area contributed by atoms with Crippen molar-refractivity contribution < 1.29 is 9.00 Å². The van der Waals surface area contributed by atoms with Gasteiger partial charge in [0.15, 0.2) is 0 Å². The number of carbonyl (C=O) groups is 1. The fourth-order valence-corrected chi connectivity index (χ4v) is 4.35. The van der Waals surface area contributed by atoms with Gasteiger partial charge in [-0.05, 0) is 37.5 Å². The number of hydrogen-bond acceptors (Lipinski definition) is 3. The van der Waals surface area contributed by atoms with Crippen LogP contribution in [0.4, 0.5) is 11.4 Å². The normalized spacial score (nSPS) is 16.8. The molecule has 0 radical (unpaired) electrons. The topological polar surface area (TPSA) is 72.2 Å². The SMILES string of the molecule is Nc1cc(Cl)ccc1NC(=O)CCCS(=O)C1CCCC1. The van der Waals surface area contributed by atoms with Crippen LogP contribution < -0.4 is 11.1 Å². The summed E-state index contributed by atoms with van der Waals surface area (Å²) in [7, 11) is -0.788. The summed E-state index contributed by atoms with van der Waals surface area (Å²) in [5.74, 6) is 0.501. The molecule has 0 spiro atoms. The maximum Gasteiger partial charge on any atom is 0.224 e. The van der Waals surface area contributed by atoms with Crippen molar-refractivity contribution in [1.82, 2.24) is 0 Å². The third-order valence-corrected chi connectivity index (χ3v) is 5.85. The molecular weight excluding hydrogens is 308 g/mol. The van der Waals surface area contributed by atoms with E-state index in [0.717, 1.165) is 12.8 Å². The Hall–Kier alpha value is -1.07. The molecule has 1 aliphatic carbocycles. The summed E-state index contributed by atoms with van der Waals surface area (Å²) in [4.78, 5) is 11.9. The lowest BCUT2D eigenvalue weighted by Gasteiger charge is -2.10. The number of rotatable bonds is 6. The molecule has 0 heterocycles. The quantitative estimate of drug-likeness (QED) is 0.787. The molecule has 0 aliphatic heterocycles. The van der Waals surface area contributed by atoms with Crippen LogP contribution in [0.2, 0.25) is 5.02 Å². The van der Waals surface area contributed by atoms with Gasteiger partial charge in [0.2, 0.25) is 5.91 Å². The van der Waals surface area contributed by atoms with Crippen LogP contribution in [0.1, 0.15) is 38.5 Å². The van der Waals surface area contributed by atoms with Gasteiger partial charge < -0.3 is 11.1 Å². The zero-order valence-corrected chi connectivity index (χ0v) is 13.5. The molecule has 3 N–H and O–H groups in total. The third kappa shape index (κ3) is 5.00. The summed E-state index contributed by atoms with van der Waals surface area (Å²) in [5, 5.41) is 3.65. The molecular formula is C15H21ClN2O2S. The van der Waals surface area contributed by atoms with E-state index in [9.17, 15) is 9.00 Å². The first-order valence-electron chi connectivity index (χ1n) is 7.28. The molecule has 1 unspecified atom stereocenters. The van der Waals surface area contributed by atoms with Gasteiger partial charge in [-0.15, -0.1) is 0 Å². The Morgan fingerprint density at radius 1 is 1.38 bits per heavy atom. The van der Waals surface area contributed by atoms with Crippen molar-refractivity contribution in [2.75, 3.05) is 16.8 Å². The van der Waals surface area contributed by atoms with Crippen LogP contribution in [-0.4, -0.2) is 21.1 Å². The summed E-state index contributed by atoms with van der Waals surface area (Å²) in [6.07, 6.45) is 5.52. The Balaban J connectivity index is 1.73. The highest BCUT2D eigenvalue weighted by Crippen LogP contribution is 2.24. The second-order valence-corrected chi connectivity index (χ2v) is 7.65. The summed E-state index contributed by atoms with van der Waals surface area (Å²) >= 11 is 5.81. The highest BCUT2D eigenvalue weighted by Gasteiger charge is 2.21. The largest absolute Gasteiger partial charge is 0.397 e. The molecule has 1 saturated carbocycles. The number of anilines is 2. The summed E-state index contributed by atoms with van der Waals surface area (Å²) < 4.78 is 12.0. The minimum Gasteiger partial charge on any atom is -0.397 e. The average molecular weight is 329 g/mol. The monoisotopic (exact) mass is 328 g/mol. The lowest BCUT2D eigenvalue weighted by molar-refractivity contribution is -0.116. The highest BCUT2D eigenvalue weighted by atomic mass is 35.5. The van der Waals surface area contributed by atoms with E-state index >= 15 is 0 Å². The van der Waals surface area contributed by atoms with E-state index in [1.54, 1.807) is 18.2 Å². The van der Waals surface area contributed by atoms with Crippen molar-refractivity contribution in [2.45, 2.75) is 43.8 Å². The first kappa shape index (κ1) is 16.3. The predicted octanol–water partition coefficient (Wildman–Crippen LogP) is 3.33. The van der Waals surface area contributed by atoms with Gasteiger partial charge in [-0.25, -0.2) is 0 Å². The smallest absolute Gasteiger partial charge is 0.224 e. The Bertz CT molecular complexity index is 530. The standard InChI is InChI=1S/C15H21ClN2O2S/c16-11-7-8-14(13(17)10-11)18-15(19)6-3-9-21(20)12-4-1-2-5-12/h7-8,10,12H,1-6,9,17H2,(H,18,19). The van der Waals surface area contributed by atoms with Gasteiger partial charge in [-0.2, -0.15) is 0 Å². The van der Waals surface area contributed by atoms with Gasteiger partial charge in [-0.1, -0.05) is 24.4 Å². The van der Waals surface area contributed by atoms with Gasteiger partial charge in [0.1, 0.15) is 0 Å². The minimum absolute atomic E-state index is 0.104. The molecule has 1 aliphatic rings. The Labute approximate surface area is 132 Å². The van der Waals surface area contributed by atoms with Crippen molar-refractivity contribution in [2.24, 2.45) is 0 Å². The van der Waals surface area contributed by atoms with Crippen LogP contribution in [0, 0.1) is 0 Å². The van der Waals surface area contributed by atoms with Crippen LogP contribution in [0.5, 0.6) is 0 Å². The Morgan fingerprint density at radius 3 is 2.76 bits per heavy atom. The van der Waals surface area contributed by atoms with Gasteiger partial charge in [-0.3, -0.25) is 9.00 Å². The van der Waals surface area contributed by atoms with E-state index in [2.05, 4.69) is 5.32 Å². The maximum atomic E-state index is 12.0. The predicted molar refractivity (Wildman–Crippen MR) is 89.0 cm³/mol. The average Bonchev–Trinajstić information content (AvgIpc) is 2.96. The molecule has 0 aromatic heterocycles. The van der Waals surface area contributed by atoms with E-state index in [1.165, 1.54) is 12.8 Å². The third-order valence-electron chi connectivity index (χ3n) is 3.71. The van der Waals surface area contributed by atoms with Gasteiger partial charge in [0.25, 0.3) is 0 Å². The summed E-state index contributed by atoms with van der Waals surface area (Å²) in [6.45, 7) is 0. The fourth-order valence-electron chi connectivity index (χ4n) is 2.55. The molecule has 4 nitrogen and oxygen atoms in total. The lowest BCUT2D eigenvalue weighted by Crippen LogP contribution is -2.17. The Kier molecular flexibility index (Phi) is 6.06. The molecule has 6 heteroatoms. The number of nitrogen functional groups attached to an aromatic ring is 1. The molecule has 1 atom stereocenters. The number of carbonyl (C=O) groups excluding carboxylic acids is 1. The number of amides is 1. The van der Waals surface area contributed by atoms with Crippen molar-refractivity contribution in [3.05, 3.63) is 23.2 Å². The van der Waals surface area contributed by atoms with E-state index in [-0.39, 0.29) is 5.91 Å². The number of nitrogens with two attached hydrogens (primary N) is 1. The minimum atomic E-state index is -0.788. The first-order valence-corrected chi connectivity index (χ1v) is 9.04. The molecule has 1 aromatic carbocycles. The Morgan fingerprint density at radius 2 is 2.10 bits per heavy atom. The number of halogens is 1. The zero-order chi connectivity index (χ0) is 15.2. The van der Waals surface area contributed by atoms with Crippen molar-refractivity contribution in [3.8, 4) is 0 Å². The van der Waals surface area contributed by atoms with E-state index in [4.69, 9.17) is 17.3 Å². The number of benzene rings is 1. The van der Waals surface area contributed by atoms with E-state index in [0.29, 0.717) is 40.2 Å². The molecule has 0 bridgehead atoms. The van der Waals surface area contributed by atoms with E-state index < -0.39 is 10.8 Å². The van der Waals surface area contributed by atoms with E-state index in [1.807, 2.05) is 0 Å². The van der Waals surface area contributed by atoms with Gasteiger partial charge in [0, 0.05) is 33.2 Å². The van der Waals surface area contributed by atoms with Crippen LogP contribution in [0.3, 0.4) is 0 Å². The van der Waals surface area contributed by atoms with Crippen LogP contribution >= 0.6 is 11.6 Å². The zero-order valence-electron chi connectivity index (χ0n) is 11.9. The molecule has 116 valence electrons. The lowest BCUT2D eigenvalue weighted by atomic mass is 10.2. The van der Waals surface area contributed by atoms with Gasteiger partial charge in [0.05, 0.1) is 11.4 Å². The number of hydrogen-bond donors (Lipinski definition) is 2. The van der Waals surface area contributed by atoms with Crippen LogP contribution in [0.15, 0.2) is 18.2 Å². The van der Waals surface area contributed by atoms with Crippen LogP contribution in [-0.2, 0) is 15.6 Å². The maximum absolute atomic E-state index is 12.0. The molecule has 21 heavy (non-hydrogen) atoms. The fraction of sp³-hybridized carbons (Fsp3) is 0.533. The van der Waals surface area contributed by atoms with Crippen molar-refractivity contribution in [1.29, 1.82) is 0 Å². The molecule has 0 saturated heterocycles. The molecule has 2 rings (SSSR count). The second kappa shape index (κ2) is 7.80. The summed E-state index contributed by atoms with van der Waals surface area (Å²) in [6, 6.07) is 4.97.